The van der Waals surface area contributed by atoms with Crippen LogP contribution in [-0.4, -0.2) is 19.8 Å². The van der Waals surface area contributed by atoms with E-state index < -0.39 is 26.1 Å². The van der Waals surface area contributed by atoms with Gasteiger partial charge in [0.2, 0.25) is 9.05 Å². The molecule has 0 fully saturated rings. The van der Waals surface area contributed by atoms with Crippen molar-refractivity contribution in [1.29, 1.82) is 0 Å². The molecule has 2 nitrogen and oxygen atoms in total. The van der Waals surface area contributed by atoms with Gasteiger partial charge in [-0.25, -0.2) is 8.42 Å². The molecule has 1 aliphatic carbocycles. The van der Waals surface area contributed by atoms with Crippen molar-refractivity contribution >= 4 is 19.7 Å². The first-order chi connectivity index (χ1) is 6.21. The first-order valence-electron chi connectivity index (χ1n) is 3.60. The van der Waals surface area contributed by atoms with Gasteiger partial charge in [0.05, 0.1) is 10.8 Å². The van der Waals surface area contributed by atoms with E-state index in [1.807, 2.05) is 0 Å². The summed E-state index contributed by atoms with van der Waals surface area (Å²) < 4.78 is 58.0. The van der Waals surface area contributed by atoms with Crippen molar-refractivity contribution in [3.8, 4) is 0 Å². The lowest BCUT2D eigenvalue weighted by molar-refractivity contribution is -0.0885. The van der Waals surface area contributed by atoms with Crippen LogP contribution in [0, 0.1) is 0 Å². The first-order valence-corrected chi connectivity index (χ1v) is 5.97. The lowest BCUT2D eigenvalue weighted by atomic mass is 10.1. The number of rotatable bonds is 1. The van der Waals surface area contributed by atoms with Crippen LogP contribution in [0.15, 0.2) is 23.8 Å². The van der Waals surface area contributed by atoms with Crippen LogP contribution in [0.5, 0.6) is 0 Å². The zero-order valence-corrected chi connectivity index (χ0v) is 8.33. The van der Waals surface area contributed by atoms with E-state index in [1.165, 1.54) is 0 Å². The summed E-state index contributed by atoms with van der Waals surface area (Å²) in [5.41, 5.74) is -0.974. The summed E-state index contributed by atoms with van der Waals surface area (Å²) in [4.78, 5) is 0. The summed E-state index contributed by atoms with van der Waals surface area (Å²) in [5.74, 6) is 0. The predicted molar refractivity (Wildman–Crippen MR) is 46.5 cm³/mol. The fourth-order valence-electron chi connectivity index (χ4n) is 1.04. The van der Waals surface area contributed by atoms with E-state index in [0.29, 0.717) is 6.08 Å². The molecule has 0 aromatic carbocycles. The Bertz CT molecular complexity index is 380. The van der Waals surface area contributed by atoms with Gasteiger partial charge in [0.1, 0.15) is 0 Å². The molecule has 7 heteroatoms. The second-order valence-corrected chi connectivity index (χ2v) is 5.62. The van der Waals surface area contributed by atoms with Gasteiger partial charge >= 0.3 is 6.18 Å². The van der Waals surface area contributed by atoms with Crippen LogP contribution < -0.4 is 0 Å². The Morgan fingerprint density at radius 1 is 1.43 bits per heavy atom. The minimum absolute atomic E-state index is 0.0224. The lowest BCUT2D eigenvalue weighted by Gasteiger charge is -2.15. The number of halogens is 4. The van der Waals surface area contributed by atoms with Crippen LogP contribution >= 0.6 is 10.7 Å². The minimum atomic E-state index is -4.53. The molecule has 0 saturated heterocycles. The Kier molecular flexibility index (Phi) is 2.96. The predicted octanol–water partition coefficient (Wildman–Crippen LogP) is 2.37. The molecule has 0 aromatic rings. The molecule has 80 valence electrons. The number of allylic oxidation sites excluding steroid dienone is 3. The van der Waals surface area contributed by atoms with Crippen LogP contribution in [0.1, 0.15) is 6.42 Å². The first kappa shape index (κ1) is 11.6. The Hall–Kier alpha value is -0.490. The maximum Gasteiger partial charge on any atom is 0.416 e. The van der Waals surface area contributed by atoms with Gasteiger partial charge in [0.15, 0.2) is 0 Å². The van der Waals surface area contributed by atoms with Crippen molar-refractivity contribution in [2.75, 3.05) is 0 Å². The summed E-state index contributed by atoms with van der Waals surface area (Å²) >= 11 is 0. The molecule has 14 heavy (non-hydrogen) atoms. The van der Waals surface area contributed by atoms with Crippen molar-refractivity contribution in [1.82, 2.24) is 0 Å². The summed E-state index contributed by atoms with van der Waals surface area (Å²) in [6.07, 6.45) is -1.93. The summed E-state index contributed by atoms with van der Waals surface area (Å²) in [7, 11) is 0.979. The molecule has 0 bridgehead atoms. The van der Waals surface area contributed by atoms with Crippen molar-refractivity contribution in [2.24, 2.45) is 0 Å². The molecule has 1 unspecified atom stereocenters. The smallest absolute Gasteiger partial charge is 0.212 e. The van der Waals surface area contributed by atoms with E-state index >= 15 is 0 Å². The second kappa shape index (κ2) is 3.58. The maximum absolute atomic E-state index is 12.1. The van der Waals surface area contributed by atoms with Gasteiger partial charge in [0, 0.05) is 10.7 Å². The zero-order chi connectivity index (χ0) is 11.0. The van der Waals surface area contributed by atoms with Crippen LogP contribution in [0.3, 0.4) is 0 Å². The van der Waals surface area contributed by atoms with E-state index in [-0.39, 0.29) is 6.42 Å². The third kappa shape index (κ3) is 2.75. The average molecular weight is 247 g/mol. The van der Waals surface area contributed by atoms with E-state index in [0.717, 1.165) is 12.2 Å². The van der Waals surface area contributed by atoms with Crippen molar-refractivity contribution in [3.63, 3.8) is 0 Å². The van der Waals surface area contributed by atoms with Crippen LogP contribution in [0.2, 0.25) is 0 Å². The van der Waals surface area contributed by atoms with Gasteiger partial charge in [-0.3, -0.25) is 0 Å². The standard InChI is InChI=1S/C7H6ClF3O2S/c8-14(12,13)6-3-1-2-5(4-6)7(9,10)11/h1-2,4,6H,3H2. The van der Waals surface area contributed by atoms with Crippen molar-refractivity contribution < 1.29 is 21.6 Å². The molecule has 0 heterocycles. The van der Waals surface area contributed by atoms with Gasteiger partial charge in [-0.15, -0.1) is 0 Å². The van der Waals surface area contributed by atoms with Crippen molar-refractivity contribution in [2.45, 2.75) is 17.8 Å². The Labute approximate surface area is 83.5 Å². The molecule has 0 amide bonds. The molecular formula is C7H6ClF3O2S. The van der Waals surface area contributed by atoms with E-state index in [9.17, 15) is 21.6 Å². The van der Waals surface area contributed by atoms with Gasteiger partial charge in [-0.1, -0.05) is 18.2 Å². The quantitative estimate of drug-likeness (QED) is 0.666. The lowest BCUT2D eigenvalue weighted by Crippen LogP contribution is -2.20. The average Bonchev–Trinajstić information content (AvgIpc) is 2.01. The highest BCUT2D eigenvalue weighted by atomic mass is 35.7. The molecule has 0 N–H and O–H groups in total. The molecule has 1 aliphatic rings. The minimum Gasteiger partial charge on any atom is -0.212 e. The maximum atomic E-state index is 12.1. The van der Waals surface area contributed by atoms with Gasteiger partial charge < -0.3 is 0 Å². The normalized spacial score (nSPS) is 23.4. The van der Waals surface area contributed by atoms with Crippen molar-refractivity contribution in [3.05, 3.63) is 23.8 Å². The van der Waals surface area contributed by atoms with Gasteiger partial charge in [0.25, 0.3) is 0 Å². The molecule has 0 saturated carbocycles. The zero-order valence-electron chi connectivity index (χ0n) is 6.75. The third-order valence-corrected chi connectivity index (χ3v) is 3.46. The highest BCUT2D eigenvalue weighted by Gasteiger charge is 2.35. The van der Waals surface area contributed by atoms with E-state index in [1.54, 1.807) is 0 Å². The molecular weight excluding hydrogens is 241 g/mol. The molecule has 1 atom stereocenters. The number of hydrogen-bond acceptors (Lipinski definition) is 2. The van der Waals surface area contributed by atoms with E-state index in [4.69, 9.17) is 10.7 Å². The molecule has 0 radical (unpaired) electrons. The molecule has 0 aliphatic heterocycles. The van der Waals surface area contributed by atoms with Gasteiger partial charge in [-0.2, -0.15) is 13.2 Å². The fourth-order valence-corrected chi connectivity index (χ4v) is 2.06. The largest absolute Gasteiger partial charge is 0.416 e. The SMILES string of the molecule is O=S(=O)(Cl)C1C=C(C(F)(F)F)C=CC1. The second-order valence-electron chi connectivity index (χ2n) is 2.77. The molecule has 0 spiro atoms. The Balaban J connectivity index is 3.01. The molecule has 1 rings (SSSR count). The summed E-state index contributed by atoms with van der Waals surface area (Å²) in [5, 5.41) is -1.29. The Morgan fingerprint density at radius 3 is 2.43 bits per heavy atom. The topological polar surface area (TPSA) is 34.1 Å². The van der Waals surface area contributed by atoms with Crippen LogP contribution in [0.4, 0.5) is 13.2 Å². The fraction of sp³-hybridized carbons (Fsp3) is 0.429. The van der Waals surface area contributed by atoms with Crippen LogP contribution in [-0.2, 0) is 9.05 Å². The third-order valence-electron chi connectivity index (χ3n) is 1.72. The highest BCUT2D eigenvalue weighted by Crippen LogP contribution is 2.31. The van der Waals surface area contributed by atoms with Gasteiger partial charge in [-0.05, 0) is 6.42 Å². The summed E-state index contributed by atoms with van der Waals surface area (Å²) in [6, 6.07) is 0. The molecule has 0 aromatic heterocycles. The highest BCUT2D eigenvalue weighted by molar-refractivity contribution is 8.14. The summed E-state index contributed by atoms with van der Waals surface area (Å²) in [6.45, 7) is 0. The monoisotopic (exact) mass is 246 g/mol. The number of hydrogen-bond donors (Lipinski definition) is 0. The van der Waals surface area contributed by atoms with Crippen LogP contribution in [0.25, 0.3) is 0 Å². The Morgan fingerprint density at radius 2 is 2.00 bits per heavy atom. The number of alkyl halides is 3. The van der Waals surface area contributed by atoms with E-state index in [2.05, 4.69) is 0 Å².